The van der Waals surface area contributed by atoms with Crippen molar-refractivity contribution in [1.29, 1.82) is 0 Å². The van der Waals surface area contributed by atoms with Crippen molar-refractivity contribution in [1.82, 2.24) is 10.2 Å². The number of nitrogens with zero attached hydrogens (tertiary/aromatic N) is 1. The number of likely N-dealkylation sites (N-methyl/N-ethyl adjacent to an activating group) is 1. The Morgan fingerprint density at radius 3 is 2.62 bits per heavy atom. The lowest BCUT2D eigenvalue weighted by atomic mass is 10.2. The molecule has 0 unspecified atom stereocenters. The van der Waals surface area contributed by atoms with Crippen LogP contribution in [-0.2, 0) is 11.3 Å². The average Bonchev–Trinajstić information content (AvgIpc) is 2.36. The molecule has 0 aromatic heterocycles. The summed E-state index contributed by atoms with van der Waals surface area (Å²) >= 11 is 0. The molecule has 21 heavy (non-hydrogen) atoms. The van der Waals surface area contributed by atoms with Gasteiger partial charge in [-0.25, -0.2) is 0 Å². The highest BCUT2D eigenvalue weighted by molar-refractivity contribution is 5.85. The van der Waals surface area contributed by atoms with Gasteiger partial charge in [0.1, 0.15) is 12.4 Å². The van der Waals surface area contributed by atoms with Gasteiger partial charge in [0.2, 0.25) is 5.91 Å². The maximum absolute atomic E-state index is 11.4. The van der Waals surface area contributed by atoms with Crippen LogP contribution in [0.5, 0.6) is 5.75 Å². The fourth-order valence-electron chi connectivity index (χ4n) is 1.44. The van der Waals surface area contributed by atoms with Gasteiger partial charge in [0.25, 0.3) is 0 Å². The molecule has 0 aliphatic carbocycles. The standard InChI is InChI=1S/C14H23N3O2.2ClH/c1-11(15)14(18)16-10-12-5-4-6-13(9-12)19-8-7-17(2)3;;/h4-6,9,11H,7-8,10,15H2,1-3H3,(H,16,18);2*1H/t11-;;/m1../s1. The number of rotatable bonds is 7. The van der Waals surface area contributed by atoms with Crippen LogP contribution in [0.4, 0.5) is 0 Å². The molecule has 0 saturated carbocycles. The number of ether oxygens (including phenoxy) is 1. The monoisotopic (exact) mass is 337 g/mol. The van der Waals surface area contributed by atoms with Gasteiger partial charge in [-0.2, -0.15) is 0 Å². The minimum Gasteiger partial charge on any atom is -0.492 e. The van der Waals surface area contributed by atoms with Gasteiger partial charge < -0.3 is 20.7 Å². The van der Waals surface area contributed by atoms with E-state index in [1.165, 1.54) is 0 Å². The number of halogens is 2. The van der Waals surface area contributed by atoms with Crippen LogP contribution >= 0.6 is 24.8 Å². The molecular weight excluding hydrogens is 313 g/mol. The normalized spacial score (nSPS) is 11.1. The van der Waals surface area contributed by atoms with Crippen molar-refractivity contribution in [3.63, 3.8) is 0 Å². The summed E-state index contributed by atoms with van der Waals surface area (Å²) in [5.41, 5.74) is 6.48. The third kappa shape index (κ3) is 9.52. The van der Waals surface area contributed by atoms with Crippen molar-refractivity contribution in [2.24, 2.45) is 5.73 Å². The van der Waals surface area contributed by atoms with Crippen LogP contribution in [0.15, 0.2) is 24.3 Å². The molecule has 3 N–H and O–H groups in total. The highest BCUT2D eigenvalue weighted by Gasteiger charge is 2.06. The third-order valence-electron chi connectivity index (χ3n) is 2.59. The summed E-state index contributed by atoms with van der Waals surface area (Å²) in [5.74, 6) is 0.660. The quantitative estimate of drug-likeness (QED) is 0.789. The zero-order chi connectivity index (χ0) is 14.3. The summed E-state index contributed by atoms with van der Waals surface area (Å²) in [7, 11) is 4.01. The molecule has 0 spiro atoms. The van der Waals surface area contributed by atoms with E-state index < -0.39 is 6.04 Å². The molecule has 0 saturated heterocycles. The summed E-state index contributed by atoms with van der Waals surface area (Å²) in [4.78, 5) is 13.4. The summed E-state index contributed by atoms with van der Waals surface area (Å²) in [5, 5.41) is 2.77. The summed E-state index contributed by atoms with van der Waals surface area (Å²) < 4.78 is 5.63. The predicted molar refractivity (Wildman–Crippen MR) is 90.5 cm³/mol. The number of carbonyl (C=O) groups is 1. The molecule has 5 nitrogen and oxygen atoms in total. The van der Waals surface area contributed by atoms with Crippen molar-refractivity contribution < 1.29 is 9.53 Å². The van der Waals surface area contributed by atoms with Crippen molar-refractivity contribution in [2.75, 3.05) is 27.2 Å². The molecule has 0 heterocycles. The zero-order valence-electron chi connectivity index (χ0n) is 12.7. The SMILES string of the molecule is C[C@@H](N)C(=O)NCc1cccc(OCCN(C)C)c1.Cl.Cl. The number of benzene rings is 1. The number of amides is 1. The van der Waals surface area contributed by atoms with E-state index in [1.807, 2.05) is 38.4 Å². The Morgan fingerprint density at radius 2 is 2.05 bits per heavy atom. The fraction of sp³-hybridized carbons (Fsp3) is 0.500. The van der Waals surface area contributed by atoms with Crippen LogP contribution in [0, 0.1) is 0 Å². The van der Waals surface area contributed by atoms with Gasteiger partial charge in [-0.3, -0.25) is 4.79 Å². The lowest BCUT2D eigenvalue weighted by molar-refractivity contribution is -0.122. The largest absolute Gasteiger partial charge is 0.492 e. The Kier molecular flexibility index (Phi) is 12.3. The minimum atomic E-state index is -0.487. The first kappa shape index (κ1) is 22.3. The molecular formula is C14H25Cl2N3O2. The first-order valence-electron chi connectivity index (χ1n) is 6.39. The Morgan fingerprint density at radius 1 is 1.38 bits per heavy atom. The Bertz CT molecular complexity index is 415. The predicted octanol–water partition coefficient (Wildman–Crippen LogP) is 1.43. The second-order valence-corrected chi connectivity index (χ2v) is 4.81. The van der Waals surface area contributed by atoms with E-state index in [9.17, 15) is 4.79 Å². The van der Waals surface area contributed by atoms with Gasteiger partial charge in [0.15, 0.2) is 0 Å². The minimum absolute atomic E-state index is 0. The molecule has 0 fully saturated rings. The van der Waals surface area contributed by atoms with Crippen LogP contribution in [-0.4, -0.2) is 44.1 Å². The zero-order valence-corrected chi connectivity index (χ0v) is 14.3. The molecule has 1 amide bonds. The second-order valence-electron chi connectivity index (χ2n) is 4.81. The first-order valence-corrected chi connectivity index (χ1v) is 6.39. The van der Waals surface area contributed by atoms with Gasteiger partial charge in [0, 0.05) is 13.1 Å². The van der Waals surface area contributed by atoms with E-state index >= 15 is 0 Å². The number of hydrogen-bond donors (Lipinski definition) is 2. The molecule has 1 rings (SSSR count). The van der Waals surface area contributed by atoms with Gasteiger partial charge in [-0.05, 0) is 38.7 Å². The lowest BCUT2D eigenvalue weighted by Gasteiger charge is -2.12. The van der Waals surface area contributed by atoms with E-state index in [1.54, 1.807) is 6.92 Å². The highest BCUT2D eigenvalue weighted by atomic mass is 35.5. The molecule has 1 aromatic carbocycles. The van der Waals surface area contributed by atoms with Crippen LogP contribution in [0.25, 0.3) is 0 Å². The van der Waals surface area contributed by atoms with Crippen molar-refractivity contribution in [2.45, 2.75) is 19.5 Å². The molecule has 0 bridgehead atoms. The van der Waals surface area contributed by atoms with Crippen molar-refractivity contribution in [3.05, 3.63) is 29.8 Å². The number of nitrogens with one attached hydrogen (secondary N) is 1. The summed E-state index contributed by atoms with van der Waals surface area (Å²) in [6.07, 6.45) is 0. The van der Waals surface area contributed by atoms with Crippen LogP contribution < -0.4 is 15.8 Å². The first-order chi connectivity index (χ1) is 8.99. The topological polar surface area (TPSA) is 67.6 Å². The Hall–Kier alpha value is -1.01. The van der Waals surface area contributed by atoms with Gasteiger partial charge in [-0.15, -0.1) is 24.8 Å². The van der Waals surface area contributed by atoms with Crippen molar-refractivity contribution >= 4 is 30.7 Å². The van der Waals surface area contributed by atoms with E-state index in [4.69, 9.17) is 10.5 Å². The molecule has 1 atom stereocenters. The second kappa shape index (κ2) is 11.6. The summed E-state index contributed by atoms with van der Waals surface area (Å²) in [6.45, 7) is 3.63. The number of nitrogens with two attached hydrogens (primary N) is 1. The number of hydrogen-bond acceptors (Lipinski definition) is 4. The molecule has 1 aromatic rings. The van der Waals surface area contributed by atoms with Gasteiger partial charge >= 0.3 is 0 Å². The van der Waals surface area contributed by atoms with Crippen LogP contribution in [0.3, 0.4) is 0 Å². The molecule has 7 heteroatoms. The van der Waals surface area contributed by atoms with Crippen molar-refractivity contribution in [3.8, 4) is 5.75 Å². The van der Waals surface area contributed by atoms with E-state index in [0.29, 0.717) is 13.2 Å². The van der Waals surface area contributed by atoms with E-state index in [2.05, 4.69) is 10.2 Å². The smallest absolute Gasteiger partial charge is 0.236 e. The summed E-state index contributed by atoms with van der Waals surface area (Å²) in [6, 6.07) is 7.21. The highest BCUT2D eigenvalue weighted by Crippen LogP contribution is 2.13. The third-order valence-corrected chi connectivity index (χ3v) is 2.59. The number of carbonyl (C=O) groups excluding carboxylic acids is 1. The molecule has 0 aliphatic heterocycles. The maximum atomic E-state index is 11.4. The molecule has 0 radical (unpaired) electrons. The molecule has 122 valence electrons. The lowest BCUT2D eigenvalue weighted by Crippen LogP contribution is -2.37. The average molecular weight is 338 g/mol. The van der Waals surface area contributed by atoms with Gasteiger partial charge in [0.05, 0.1) is 6.04 Å². The van der Waals surface area contributed by atoms with E-state index in [-0.39, 0.29) is 30.7 Å². The van der Waals surface area contributed by atoms with E-state index in [0.717, 1.165) is 17.9 Å². The van der Waals surface area contributed by atoms with Crippen LogP contribution in [0.1, 0.15) is 12.5 Å². The maximum Gasteiger partial charge on any atom is 0.236 e. The molecule has 0 aliphatic rings. The Balaban J connectivity index is 0. The fourth-order valence-corrected chi connectivity index (χ4v) is 1.44. The van der Waals surface area contributed by atoms with Gasteiger partial charge in [-0.1, -0.05) is 12.1 Å². The Labute approximate surface area is 139 Å². The van der Waals surface area contributed by atoms with Crippen LogP contribution in [0.2, 0.25) is 0 Å².